The van der Waals surface area contributed by atoms with Gasteiger partial charge in [0.2, 0.25) is 0 Å². The predicted octanol–water partition coefficient (Wildman–Crippen LogP) is 6.84. The Bertz CT molecular complexity index is 653. The molecule has 1 nitrogen and oxygen atoms in total. The van der Waals surface area contributed by atoms with Crippen molar-refractivity contribution in [2.75, 3.05) is 3.30 Å². The standard InChI is InChI=1S/C9H12N.C9H13.C2H7Si.2ClH.Hf/c1-7(2)8-5-3-4-6-9(8)10;1-6-5-7(2)9(4)8(6)3;1-3-2;;;/h3-7,10H,1-2H3;6H,1-4H3;3H,1-2H3;2*1H;/q-1;;;;;+1. The maximum atomic E-state index is 4.16. The molecule has 1 unspecified atom stereocenters. The number of para-hydroxylation sites is 1. The molecule has 1 aliphatic rings. The predicted molar refractivity (Wildman–Crippen MR) is 118 cm³/mol. The molecule has 0 aliphatic heterocycles. The molecule has 0 radical (unpaired) electrons. The molecule has 1 atom stereocenters. The largest absolute Gasteiger partial charge is 0.147 e. The summed E-state index contributed by atoms with van der Waals surface area (Å²) in [6.45, 7) is 19.2. The molecule has 0 amide bonds. The van der Waals surface area contributed by atoms with Gasteiger partial charge in [-0.2, -0.15) is 0 Å². The molecule has 0 saturated heterocycles. The van der Waals surface area contributed by atoms with Crippen molar-refractivity contribution in [3.05, 3.63) is 49.9 Å². The van der Waals surface area contributed by atoms with E-state index < -0.39 is 26.9 Å². The van der Waals surface area contributed by atoms with Gasteiger partial charge in [-0.25, -0.2) is 0 Å². The average Bonchev–Trinajstić information content (AvgIpc) is 2.69. The number of nitrogens with one attached hydrogen (secondary N) is 1. The maximum Gasteiger partial charge on any atom is -0.147 e. The van der Waals surface area contributed by atoms with E-state index in [0.29, 0.717) is 11.8 Å². The zero-order valence-electron chi connectivity index (χ0n) is 16.9. The smallest absolute Gasteiger partial charge is 0.147 e. The van der Waals surface area contributed by atoms with E-state index in [2.05, 4.69) is 82.2 Å². The second-order valence-electron chi connectivity index (χ2n) is 7.50. The normalized spacial score (nSPS) is 17.0. The zero-order valence-corrected chi connectivity index (χ0v) is 23.2. The van der Waals surface area contributed by atoms with Crippen LogP contribution in [0.2, 0.25) is 13.1 Å². The van der Waals surface area contributed by atoms with Crippen LogP contribution in [0, 0.1) is 5.92 Å². The van der Waals surface area contributed by atoms with E-state index in [1.807, 2.05) is 3.33 Å². The molecule has 0 aromatic heterocycles. The van der Waals surface area contributed by atoms with Crippen LogP contribution < -0.4 is 3.30 Å². The van der Waals surface area contributed by atoms with Crippen molar-refractivity contribution in [2.24, 2.45) is 5.92 Å². The van der Waals surface area contributed by atoms with E-state index in [1.54, 1.807) is 16.7 Å². The first-order valence-electron chi connectivity index (χ1n) is 8.87. The Morgan fingerprint density at radius 1 is 1.00 bits per heavy atom. The molecule has 1 aromatic carbocycles. The summed E-state index contributed by atoms with van der Waals surface area (Å²) < 4.78 is 6.01. The Hall–Kier alpha value is 0.167. The van der Waals surface area contributed by atoms with Crippen molar-refractivity contribution < 1.29 is 20.9 Å². The van der Waals surface area contributed by atoms with Gasteiger partial charge in [-0.05, 0) is 0 Å². The van der Waals surface area contributed by atoms with Gasteiger partial charge in [0.1, 0.15) is 0 Å². The number of rotatable bonds is 5. The summed E-state index contributed by atoms with van der Waals surface area (Å²) in [4.78, 5) is 0. The molecule has 141 valence electrons. The van der Waals surface area contributed by atoms with Gasteiger partial charge in [-0.1, -0.05) is 0 Å². The fourth-order valence-corrected chi connectivity index (χ4v) is 26.3. The summed E-state index contributed by atoms with van der Waals surface area (Å²) in [5, 5.41) is 0. The molecule has 0 bridgehead atoms. The third-order valence-corrected chi connectivity index (χ3v) is 29.6. The van der Waals surface area contributed by atoms with Crippen LogP contribution in [0.25, 0.3) is 0 Å². The molecule has 0 heterocycles. The Morgan fingerprint density at radius 2 is 1.56 bits per heavy atom. The third-order valence-electron chi connectivity index (χ3n) is 5.36. The van der Waals surface area contributed by atoms with Crippen LogP contribution in [-0.4, -0.2) is 5.98 Å². The summed E-state index contributed by atoms with van der Waals surface area (Å²) in [6, 6.07) is 8.97. The monoisotopic (exact) mass is 566 g/mol. The molecule has 0 saturated carbocycles. The van der Waals surface area contributed by atoms with E-state index in [1.165, 1.54) is 11.3 Å². The number of anilines is 1. The number of hydrogen-bond donors (Lipinski definition) is 1. The van der Waals surface area contributed by atoms with E-state index in [9.17, 15) is 0 Å². The average molecular weight is 566 g/mol. The number of hydrogen-bond acceptors (Lipinski definition) is 1. The van der Waals surface area contributed by atoms with Crippen LogP contribution in [0.1, 0.15) is 53.0 Å². The van der Waals surface area contributed by atoms with Crippen LogP contribution in [-0.2, 0) is 20.9 Å². The zero-order chi connectivity index (χ0) is 17.3. The second-order valence-corrected chi connectivity index (χ2v) is 32.8. The van der Waals surface area contributed by atoms with Gasteiger partial charge < -0.3 is 0 Å². The summed E-state index contributed by atoms with van der Waals surface area (Å²) in [5.74, 6) is 0.579. The number of benzene rings is 1. The first kappa shape index (κ1) is 25.2. The minimum atomic E-state index is -2.00. The summed E-state index contributed by atoms with van der Waals surface area (Å²) in [7, 11) is 0. The quantitative estimate of drug-likeness (QED) is 0.385. The van der Waals surface area contributed by atoms with E-state index in [-0.39, 0.29) is 24.8 Å². The summed E-state index contributed by atoms with van der Waals surface area (Å²) in [5.41, 5.74) is 7.68. The van der Waals surface area contributed by atoms with Gasteiger partial charge >= 0.3 is 152 Å². The van der Waals surface area contributed by atoms with Crippen molar-refractivity contribution >= 4 is 36.5 Å². The van der Waals surface area contributed by atoms with Crippen molar-refractivity contribution in [3.8, 4) is 0 Å². The molecule has 2 rings (SSSR count). The summed E-state index contributed by atoms with van der Waals surface area (Å²) in [6.07, 6.45) is 0. The molecule has 25 heavy (non-hydrogen) atoms. The topological polar surface area (TPSA) is 12.0 Å². The van der Waals surface area contributed by atoms with Crippen molar-refractivity contribution in [3.63, 3.8) is 0 Å². The first-order valence-corrected chi connectivity index (χ1v) is 21.6. The minimum absolute atomic E-state index is 0. The van der Waals surface area contributed by atoms with Gasteiger partial charge in [-0.3, -0.25) is 0 Å². The maximum absolute atomic E-state index is 4.16. The van der Waals surface area contributed by atoms with Crippen molar-refractivity contribution in [1.82, 2.24) is 0 Å². The van der Waals surface area contributed by atoms with Crippen LogP contribution in [0.3, 0.4) is 0 Å². The van der Waals surface area contributed by atoms with E-state index >= 15 is 0 Å². The van der Waals surface area contributed by atoms with Crippen molar-refractivity contribution in [1.29, 1.82) is 0 Å². The summed E-state index contributed by atoms with van der Waals surface area (Å²) >= 11 is -2.00. The molecule has 0 spiro atoms. The van der Waals surface area contributed by atoms with Gasteiger partial charge in [0.25, 0.3) is 0 Å². The Kier molecular flexibility index (Phi) is 10.6. The fourth-order valence-electron chi connectivity index (χ4n) is 3.58. The van der Waals surface area contributed by atoms with Crippen molar-refractivity contribution in [2.45, 2.75) is 60.6 Å². The molecular weight excluding hydrogens is 532 g/mol. The van der Waals surface area contributed by atoms with E-state index in [0.717, 1.165) is 0 Å². The fraction of sp³-hybridized carbons (Fsp3) is 0.500. The SMILES string of the molecule is CC1=C(C)C(C)[C]([Hf]([NH]c2ccccc2C(C)C)[SiH](C)C)=C1C.Cl.Cl. The number of halogens is 2. The Balaban J connectivity index is 0.00000288. The third kappa shape index (κ3) is 5.34. The Labute approximate surface area is 176 Å². The molecule has 1 aromatic rings. The second kappa shape index (κ2) is 10.5. The van der Waals surface area contributed by atoms with Gasteiger partial charge in [0, 0.05) is 0 Å². The van der Waals surface area contributed by atoms with Crippen LogP contribution >= 0.6 is 24.8 Å². The van der Waals surface area contributed by atoms with Gasteiger partial charge in [0.15, 0.2) is 0 Å². The minimum Gasteiger partial charge on any atom is -0.147 e. The molecule has 0 fully saturated rings. The molecule has 5 heteroatoms. The molecular formula is C20H34Cl2HfNSi. The Morgan fingerprint density at radius 3 is 2.00 bits per heavy atom. The number of allylic oxidation sites excluding steroid dienone is 4. The molecule has 1 N–H and O–H groups in total. The van der Waals surface area contributed by atoms with Crippen LogP contribution in [0.5, 0.6) is 0 Å². The van der Waals surface area contributed by atoms with Gasteiger partial charge in [0.05, 0.1) is 0 Å². The van der Waals surface area contributed by atoms with Gasteiger partial charge in [-0.15, -0.1) is 24.8 Å². The van der Waals surface area contributed by atoms with Crippen LogP contribution in [0.4, 0.5) is 5.69 Å². The first-order chi connectivity index (χ1) is 10.8. The van der Waals surface area contributed by atoms with Crippen LogP contribution in [0.15, 0.2) is 44.3 Å². The van der Waals surface area contributed by atoms with E-state index in [4.69, 9.17) is 0 Å². The molecule has 1 aliphatic carbocycles.